The van der Waals surface area contributed by atoms with Crippen molar-refractivity contribution in [1.82, 2.24) is 0 Å². The molecule has 1 rings (SSSR count). The molecule has 0 amide bonds. The largest absolute Gasteiger partial charge is 0.493 e. The molecule has 0 aliphatic heterocycles. The highest BCUT2D eigenvalue weighted by Gasteiger charge is 2.10. The second-order valence-corrected chi connectivity index (χ2v) is 3.24. The molecule has 0 atom stereocenters. The molecule has 0 spiro atoms. The summed E-state index contributed by atoms with van der Waals surface area (Å²) in [4.78, 5) is 0. The van der Waals surface area contributed by atoms with Gasteiger partial charge in [-0.25, -0.2) is 4.39 Å². The number of hydrogen-bond acceptors (Lipinski definition) is 3. The van der Waals surface area contributed by atoms with Gasteiger partial charge in [0.05, 0.1) is 13.7 Å². The van der Waals surface area contributed by atoms with Gasteiger partial charge in [0.15, 0.2) is 11.6 Å². The minimum Gasteiger partial charge on any atom is -0.493 e. The second-order valence-electron chi connectivity index (χ2n) is 3.24. The number of halogens is 1. The maximum atomic E-state index is 13.5. The number of rotatable bonds is 5. The van der Waals surface area contributed by atoms with E-state index >= 15 is 0 Å². The Morgan fingerprint density at radius 3 is 2.60 bits per heavy atom. The Morgan fingerprint density at radius 1 is 1.33 bits per heavy atom. The fourth-order valence-corrected chi connectivity index (χ4v) is 1.53. The summed E-state index contributed by atoms with van der Waals surface area (Å²) in [5.41, 5.74) is 7.02. The van der Waals surface area contributed by atoms with Gasteiger partial charge < -0.3 is 15.2 Å². The first kappa shape index (κ1) is 11.9. The van der Waals surface area contributed by atoms with Gasteiger partial charge in [-0.15, -0.1) is 0 Å². The number of ether oxygens (including phenoxy) is 2. The third kappa shape index (κ3) is 2.91. The van der Waals surface area contributed by atoms with Crippen molar-refractivity contribution in [3.05, 3.63) is 29.1 Å². The first-order chi connectivity index (χ1) is 7.22. The fraction of sp³-hybridized carbons (Fsp3) is 0.455. The van der Waals surface area contributed by atoms with Gasteiger partial charge >= 0.3 is 0 Å². The summed E-state index contributed by atoms with van der Waals surface area (Å²) >= 11 is 0. The van der Waals surface area contributed by atoms with Crippen LogP contribution in [-0.4, -0.2) is 20.8 Å². The topological polar surface area (TPSA) is 44.5 Å². The van der Waals surface area contributed by atoms with Crippen LogP contribution in [0, 0.1) is 5.82 Å². The number of hydrogen-bond donors (Lipinski definition) is 1. The van der Waals surface area contributed by atoms with Crippen molar-refractivity contribution in [2.75, 3.05) is 20.8 Å². The molecule has 15 heavy (non-hydrogen) atoms. The Balaban J connectivity index is 3.07. The van der Waals surface area contributed by atoms with Gasteiger partial charge in [-0.3, -0.25) is 0 Å². The predicted octanol–water partition coefficient (Wildman–Crippen LogP) is 1.48. The molecule has 1 aromatic rings. The summed E-state index contributed by atoms with van der Waals surface area (Å²) in [7, 11) is 3.03. The molecule has 0 heterocycles. The summed E-state index contributed by atoms with van der Waals surface area (Å²) < 4.78 is 23.5. The van der Waals surface area contributed by atoms with Crippen molar-refractivity contribution in [2.24, 2.45) is 5.73 Å². The SMILES string of the molecule is COCc1cc(F)c(OC)c(CCN)c1. The second kappa shape index (κ2) is 5.68. The zero-order chi connectivity index (χ0) is 11.3. The van der Waals surface area contributed by atoms with E-state index < -0.39 is 0 Å². The van der Waals surface area contributed by atoms with Crippen LogP contribution < -0.4 is 10.5 Å². The lowest BCUT2D eigenvalue weighted by Crippen LogP contribution is -2.06. The van der Waals surface area contributed by atoms with Gasteiger partial charge in [-0.1, -0.05) is 0 Å². The molecule has 0 aliphatic rings. The van der Waals surface area contributed by atoms with E-state index in [1.165, 1.54) is 13.2 Å². The lowest BCUT2D eigenvalue weighted by molar-refractivity contribution is 0.184. The number of nitrogens with two attached hydrogens (primary N) is 1. The summed E-state index contributed by atoms with van der Waals surface area (Å²) in [5, 5.41) is 0. The Bertz CT molecular complexity index is 329. The molecule has 1 aromatic carbocycles. The lowest BCUT2D eigenvalue weighted by atomic mass is 10.1. The van der Waals surface area contributed by atoms with Crippen LogP contribution in [0.15, 0.2) is 12.1 Å². The van der Waals surface area contributed by atoms with E-state index in [-0.39, 0.29) is 11.6 Å². The van der Waals surface area contributed by atoms with E-state index in [1.807, 2.05) is 6.07 Å². The summed E-state index contributed by atoms with van der Waals surface area (Å²) in [5.74, 6) is -0.0872. The Hall–Kier alpha value is -1.13. The standard InChI is InChI=1S/C11H16FNO2/c1-14-7-8-5-9(3-4-13)11(15-2)10(12)6-8/h5-6H,3-4,7,13H2,1-2H3. The molecule has 0 saturated carbocycles. The van der Waals surface area contributed by atoms with Crippen LogP contribution >= 0.6 is 0 Å². The molecule has 0 fully saturated rings. The highest BCUT2D eigenvalue weighted by Crippen LogP contribution is 2.25. The highest BCUT2D eigenvalue weighted by molar-refractivity contribution is 5.39. The Kier molecular flexibility index (Phi) is 4.52. The molecule has 3 nitrogen and oxygen atoms in total. The van der Waals surface area contributed by atoms with Crippen LogP contribution in [0.5, 0.6) is 5.75 Å². The lowest BCUT2D eigenvalue weighted by Gasteiger charge is -2.11. The minimum absolute atomic E-state index is 0.278. The molecule has 0 aromatic heterocycles. The molecule has 0 radical (unpaired) electrons. The van der Waals surface area contributed by atoms with Gasteiger partial charge in [-0.2, -0.15) is 0 Å². The monoisotopic (exact) mass is 213 g/mol. The molecular weight excluding hydrogens is 197 g/mol. The number of benzene rings is 1. The maximum Gasteiger partial charge on any atom is 0.165 e. The Morgan fingerprint density at radius 2 is 2.07 bits per heavy atom. The van der Waals surface area contributed by atoms with Crippen molar-refractivity contribution in [2.45, 2.75) is 13.0 Å². The summed E-state index contributed by atoms with van der Waals surface area (Å²) in [6.45, 7) is 0.852. The normalized spacial score (nSPS) is 10.4. The molecule has 2 N–H and O–H groups in total. The van der Waals surface area contributed by atoms with Crippen LogP contribution in [0.1, 0.15) is 11.1 Å². The van der Waals surface area contributed by atoms with Crippen LogP contribution in [0.2, 0.25) is 0 Å². The van der Waals surface area contributed by atoms with Gasteiger partial charge in [0, 0.05) is 7.11 Å². The zero-order valence-corrected chi connectivity index (χ0v) is 9.05. The molecule has 0 aliphatic carbocycles. The molecule has 0 saturated heterocycles. The van der Waals surface area contributed by atoms with Gasteiger partial charge in [-0.05, 0) is 36.2 Å². The molecule has 0 bridgehead atoms. The van der Waals surface area contributed by atoms with E-state index in [2.05, 4.69) is 0 Å². The van der Waals surface area contributed by atoms with Gasteiger partial charge in [0.1, 0.15) is 0 Å². The first-order valence-electron chi connectivity index (χ1n) is 4.77. The van der Waals surface area contributed by atoms with Gasteiger partial charge in [0.2, 0.25) is 0 Å². The molecule has 4 heteroatoms. The van der Waals surface area contributed by atoms with E-state index in [1.54, 1.807) is 7.11 Å². The van der Waals surface area contributed by atoms with Crippen LogP contribution in [0.25, 0.3) is 0 Å². The molecule has 84 valence electrons. The quantitative estimate of drug-likeness (QED) is 0.805. The Labute approximate surface area is 89.0 Å². The molecule has 0 unspecified atom stereocenters. The van der Waals surface area contributed by atoms with Crippen molar-refractivity contribution in [3.8, 4) is 5.75 Å². The zero-order valence-electron chi connectivity index (χ0n) is 9.05. The molecular formula is C11H16FNO2. The summed E-state index contributed by atoms with van der Waals surface area (Å²) in [6.07, 6.45) is 0.595. The average Bonchev–Trinajstić information content (AvgIpc) is 2.18. The van der Waals surface area contributed by atoms with Crippen molar-refractivity contribution >= 4 is 0 Å². The first-order valence-corrected chi connectivity index (χ1v) is 4.77. The third-order valence-electron chi connectivity index (χ3n) is 2.11. The van der Waals surface area contributed by atoms with Gasteiger partial charge in [0.25, 0.3) is 0 Å². The smallest absolute Gasteiger partial charge is 0.165 e. The van der Waals surface area contributed by atoms with E-state index in [0.29, 0.717) is 19.6 Å². The van der Waals surface area contributed by atoms with Crippen LogP contribution in [-0.2, 0) is 17.8 Å². The van der Waals surface area contributed by atoms with E-state index in [9.17, 15) is 4.39 Å². The van der Waals surface area contributed by atoms with Crippen LogP contribution in [0.4, 0.5) is 4.39 Å². The number of methoxy groups -OCH3 is 2. The van der Waals surface area contributed by atoms with Crippen molar-refractivity contribution in [3.63, 3.8) is 0 Å². The fourth-order valence-electron chi connectivity index (χ4n) is 1.53. The van der Waals surface area contributed by atoms with E-state index in [4.69, 9.17) is 15.2 Å². The predicted molar refractivity (Wildman–Crippen MR) is 56.4 cm³/mol. The summed E-state index contributed by atoms with van der Waals surface area (Å²) in [6, 6.07) is 3.28. The van der Waals surface area contributed by atoms with Crippen molar-refractivity contribution in [1.29, 1.82) is 0 Å². The van der Waals surface area contributed by atoms with Crippen LogP contribution in [0.3, 0.4) is 0 Å². The highest BCUT2D eigenvalue weighted by atomic mass is 19.1. The van der Waals surface area contributed by atoms with E-state index in [0.717, 1.165) is 11.1 Å². The average molecular weight is 213 g/mol. The minimum atomic E-state index is -0.365. The van der Waals surface area contributed by atoms with Crippen molar-refractivity contribution < 1.29 is 13.9 Å². The maximum absolute atomic E-state index is 13.5. The third-order valence-corrected chi connectivity index (χ3v) is 2.11.